The average Bonchev–Trinajstić information content (AvgIpc) is 3.45. The first-order valence-electron chi connectivity index (χ1n) is 12.3. The fraction of sp³-hybridized carbons (Fsp3) is 0.333. The summed E-state index contributed by atoms with van der Waals surface area (Å²) in [5, 5.41) is 15.5. The standard InChI is InChI=1S/C27H27F3N6O/c1-18-32-33-26(36(18)20-12-6-3-7-13-20)22(16-19-10-4-2-5-11-19)31-24(37)17-35-23-15-9-8-14-21(23)25(34-35)27(28,29)30/h2-7,10-13,22H,8-9,14-17H2,1H3,(H,31,37). The van der Waals surface area contributed by atoms with E-state index in [1.54, 1.807) is 0 Å². The quantitative estimate of drug-likeness (QED) is 0.390. The van der Waals surface area contributed by atoms with E-state index in [1.165, 1.54) is 4.68 Å². The number of fused-ring (bicyclic) bond motifs is 1. The van der Waals surface area contributed by atoms with Crippen molar-refractivity contribution in [3.05, 3.63) is 94.8 Å². The number of hydrogen-bond acceptors (Lipinski definition) is 4. The molecule has 0 saturated carbocycles. The molecule has 192 valence electrons. The van der Waals surface area contributed by atoms with Crippen molar-refractivity contribution in [3.63, 3.8) is 0 Å². The van der Waals surface area contributed by atoms with E-state index in [0.717, 1.165) is 17.7 Å². The Hall–Kier alpha value is -3.95. The number of nitrogens with one attached hydrogen (secondary N) is 1. The fourth-order valence-electron chi connectivity index (χ4n) is 4.96. The highest BCUT2D eigenvalue weighted by Gasteiger charge is 2.39. The molecule has 0 fully saturated rings. The number of benzene rings is 2. The van der Waals surface area contributed by atoms with Crippen molar-refractivity contribution in [2.75, 3.05) is 0 Å². The van der Waals surface area contributed by atoms with E-state index in [4.69, 9.17) is 0 Å². The van der Waals surface area contributed by atoms with Crippen molar-refractivity contribution < 1.29 is 18.0 Å². The normalized spacial score (nSPS) is 14.3. The van der Waals surface area contributed by atoms with Crippen LogP contribution in [-0.2, 0) is 36.8 Å². The van der Waals surface area contributed by atoms with Gasteiger partial charge in [-0.1, -0.05) is 48.5 Å². The highest BCUT2D eigenvalue weighted by Crippen LogP contribution is 2.35. The molecule has 4 aromatic rings. The van der Waals surface area contributed by atoms with Crippen molar-refractivity contribution in [2.45, 2.75) is 57.8 Å². The van der Waals surface area contributed by atoms with Gasteiger partial charge in [0.15, 0.2) is 11.5 Å². The van der Waals surface area contributed by atoms with Crippen molar-refractivity contribution >= 4 is 5.91 Å². The minimum atomic E-state index is -4.55. The predicted octanol–water partition coefficient (Wildman–Crippen LogP) is 4.77. The van der Waals surface area contributed by atoms with Crippen LogP contribution in [0.4, 0.5) is 13.2 Å². The first kappa shape index (κ1) is 24.7. The van der Waals surface area contributed by atoms with Crippen LogP contribution in [0.25, 0.3) is 5.69 Å². The van der Waals surface area contributed by atoms with Gasteiger partial charge >= 0.3 is 6.18 Å². The van der Waals surface area contributed by atoms with Gasteiger partial charge < -0.3 is 5.32 Å². The third-order valence-electron chi connectivity index (χ3n) is 6.61. The molecule has 2 aromatic carbocycles. The highest BCUT2D eigenvalue weighted by atomic mass is 19.4. The zero-order valence-electron chi connectivity index (χ0n) is 20.4. The number of hydrogen-bond donors (Lipinski definition) is 1. The van der Waals surface area contributed by atoms with E-state index in [0.29, 0.717) is 43.0 Å². The Labute approximate surface area is 212 Å². The number of rotatable bonds is 7. The Morgan fingerprint density at radius 1 is 1.00 bits per heavy atom. The van der Waals surface area contributed by atoms with Gasteiger partial charge in [-0.2, -0.15) is 18.3 Å². The van der Waals surface area contributed by atoms with Gasteiger partial charge in [-0.3, -0.25) is 14.0 Å². The molecule has 2 heterocycles. The summed E-state index contributed by atoms with van der Waals surface area (Å²) in [5.74, 6) is 0.759. The molecule has 1 aliphatic rings. The molecule has 0 bridgehead atoms. The van der Waals surface area contributed by atoms with Crippen LogP contribution in [0.1, 0.15) is 53.0 Å². The Morgan fingerprint density at radius 2 is 1.68 bits per heavy atom. The predicted molar refractivity (Wildman–Crippen MR) is 131 cm³/mol. The molecule has 1 atom stereocenters. The van der Waals surface area contributed by atoms with Crippen LogP contribution in [0.3, 0.4) is 0 Å². The number of nitrogens with zero attached hydrogens (tertiary/aromatic N) is 5. The lowest BCUT2D eigenvalue weighted by molar-refractivity contribution is -0.142. The summed E-state index contributed by atoms with van der Waals surface area (Å²) in [5.41, 5.74) is 1.66. The molecule has 0 saturated heterocycles. The van der Waals surface area contributed by atoms with Crippen LogP contribution in [0, 0.1) is 6.92 Å². The Balaban J connectivity index is 1.46. The summed E-state index contributed by atoms with van der Waals surface area (Å²) >= 11 is 0. The van der Waals surface area contributed by atoms with E-state index < -0.39 is 23.8 Å². The molecule has 1 amide bonds. The number of aryl methyl sites for hydroxylation is 1. The first-order valence-corrected chi connectivity index (χ1v) is 12.3. The zero-order valence-corrected chi connectivity index (χ0v) is 20.4. The molecule has 0 spiro atoms. The number of alkyl halides is 3. The largest absolute Gasteiger partial charge is 0.435 e. The fourth-order valence-corrected chi connectivity index (χ4v) is 4.96. The number of carbonyl (C=O) groups excluding carboxylic acids is 1. The lowest BCUT2D eigenvalue weighted by atomic mass is 9.95. The SMILES string of the molecule is Cc1nnc(C(Cc2ccccc2)NC(=O)Cn2nc(C(F)(F)F)c3c2CCCC3)n1-c1ccccc1. The van der Waals surface area contributed by atoms with E-state index in [1.807, 2.05) is 72.2 Å². The molecule has 1 unspecified atom stereocenters. The number of halogens is 3. The summed E-state index contributed by atoms with van der Waals surface area (Å²) in [6, 6.07) is 18.6. The summed E-state index contributed by atoms with van der Waals surface area (Å²) in [6.07, 6.45) is -1.87. The lowest BCUT2D eigenvalue weighted by Crippen LogP contribution is -2.35. The van der Waals surface area contributed by atoms with Crippen LogP contribution in [0.5, 0.6) is 0 Å². The maximum atomic E-state index is 13.6. The minimum Gasteiger partial charge on any atom is -0.344 e. The summed E-state index contributed by atoms with van der Waals surface area (Å²) in [7, 11) is 0. The Morgan fingerprint density at radius 3 is 2.38 bits per heavy atom. The molecule has 7 nitrogen and oxygen atoms in total. The Bertz CT molecular complexity index is 1380. The van der Waals surface area contributed by atoms with Crippen LogP contribution < -0.4 is 5.32 Å². The van der Waals surface area contributed by atoms with Gasteiger partial charge in [0.2, 0.25) is 5.91 Å². The van der Waals surface area contributed by atoms with Crippen LogP contribution in [0.2, 0.25) is 0 Å². The molecule has 10 heteroatoms. The highest BCUT2D eigenvalue weighted by molar-refractivity contribution is 5.76. The second-order valence-corrected chi connectivity index (χ2v) is 9.22. The number of amides is 1. The van der Waals surface area contributed by atoms with E-state index in [-0.39, 0.29) is 12.1 Å². The Kier molecular flexibility index (Phi) is 6.82. The van der Waals surface area contributed by atoms with Crippen molar-refractivity contribution in [1.29, 1.82) is 0 Å². The maximum Gasteiger partial charge on any atom is 0.435 e. The molecule has 1 aliphatic carbocycles. The molecular formula is C27H27F3N6O. The number of carbonyl (C=O) groups is 1. The van der Waals surface area contributed by atoms with E-state index in [2.05, 4.69) is 20.6 Å². The molecule has 37 heavy (non-hydrogen) atoms. The van der Waals surface area contributed by atoms with Crippen molar-refractivity contribution in [3.8, 4) is 5.69 Å². The van der Waals surface area contributed by atoms with Crippen LogP contribution in [0.15, 0.2) is 60.7 Å². The van der Waals surface area contributed by atoms with Gasteiger partial charge in [-0.15, -0.1) is 10.2 Å². The van der Waals surface area contributed by atoms with Crippen LogP contribution in [-0.4, -0.2) is 30.5 Å². The molecule has 1 N–H and O–H groups in total. The minimum absolute atomic E-state index is 0.215. The third-order valence-corrected chi connectivity index (χ3v) is 6.61. The van der Waals surface area contributed by atoms with E-state index >= 15 is 0 Å². The van der Waals surface area contributed by atoms with Gasteiger partial charge in [-0.25, -0.2) is 0 Å². The third kappa shape index (κ3) is 5.28. The summed E-state index contributed by atoms with van der Waals surface area (Å²) in [6.45, 7) is 1.53. The molecule has 2 aromatic heterocycles. The molecule has 0 aliphatic heterocycles. The van der Waals surface area contributed by atoms with Gasteiger partial charge in [0.05, 0.1) is 6.04 Å². The number of para-hydroxylation sites is 1. The smallest absolute Gasteiger partial charge is 0.344 e. The zero-order chi connectivity index (χ0) is 26.0. The van der Waals surface area contributed by atoms with Gasteiger partial charge in [0, 0.05) is 16.9 Å². The second-order valence-electron chi connectivity index (χ2n) is 9.22. The maximum absolute atomic E-state index is 13.6. The molecule has 0 radical (unpaired) electrons. The summed E-state index contributed by atoms with van der Waals surface area (Å²) in [4.78, 5) is 13.3. The molecule has 5 rings (SSSR count). The van der Waals surface area contributed by atoms with Crippen LogP contribution >= 0.6 is 0 Å². The lowest BCUT2D eigenvalue weighted by Gasteiger charge is -2.21. The van der Waals surface area contributed by atoms with Crippen molar-refractivity contribution in [1.82, 2.24) is 29.9 Å². The molecular weight excluding hydrogens is 481 g/mol. The van der Waals surface area contributed by atoms with Gasteiger partial charge in [0.25, 0.3) is 0 Å². The number of aromatic nitrogens is 5. The van der Waals surface area contributed by atoms with Crippen molar-refractivity contribution in [2.24, 2.45) is 0 Å². The first-order chi connectivity index (χ1) is 17.8. The van der Waals surface area contributed by atoms with E-state index in [9.17, 15) is 18.0 Å². The van der Waals surface area contributed by atoms with Gasteiger partial charge in [0.1, 0.15) is 12.4 Å². The topological polar surface area (TPSA) is 77.6 Å². The monoisotopic (exact) mass is 508 g/mol. The second kappa shape index (κ2) is 10.2. The van der Waals surface area contributed by atoms with Gasteiger partial charge in [-0.05, 0) is 56.7 Å². The summed E-state index contributed by atoms with van der Waals surface area (Å²) < 4.78 is 43.9. The average molecular weight is 509 g/mol.